The summed E-state index contributed by atoms with van der Waals surface area (Å²) in [5.74, 6) is -2.44. The largest absolute Gasteiger partial charge is 0.504 e. The summed E-state index contributed by atoms with van der Waals surface area (Å²) >= 11 is 0. The third kappa shape index (κ3) is 4.49. The number of anilines is 1. The topological polar surface area (TPSA) is 128 Å². The minimum atomic E-state index is -1.45. The summed E-state index contributed by atoms with van der Waals surface area (Å²) in [6, 6.07) is 29.7. The van der Waals surface area contributed by atoms with Crippen LogP contribution in [-0.4, -0.2) is 42.5 Å². The number of para-hydroxylation sites is 1. The van der Waals surface area contributed by atoms with Gasteiger partial charge in [-0.2, -0.15) is 5.01 Å². The molecule has 11 heteroatoms. The van der Waals surface area contributed by atoms with Gasteiger partial charge in [0.05, 0.1) is 41.9 Å². The Morgan fingerprint density at radius 2 is 1.58 bits per heavy atom. The first-order valence-electron chi connectivity index (χ1n) is 16.7. The lowest BCUT2D eigenvalue weighted by atomic mass is 9.53. The zero-order valence-electron chi connectivity index (χ0n) is 27.5. The van der Waals surface area contributed by atoms with Crippen LogP contribution in [0.15, 0.2) is 124 Å². The number of carbonyl (C=O) groups is 2. The molecule has 11 nitrogen and oxygen atoms in total. The van der Waals surface area contributed by atoms with Crippen LogP contribution in [0.3, 0.4) is 0 Å². The number of fused-ring (bicyclic) bond motifs is 4. The van der Waals surface area contributed by atoms with Gasteiger partial charge in [-0.1, -0.05) is 78.4 Å². The van der Waals surface area contributed by atoms with Crippen molar-refractivity contribution in [1.29, 1.82) is 0 Å². The van der Waals surface area contributed by atoms with E-state index in [4.69, 9.17) is 4.74 Å². The van der Waals surface area contributed by atoms with Gasteiger partial charge in [-0.15, -0.1) is 0 Å². The molecule has 2 fully saturated rings. The molecular formula is C39H35N5O6. The number of imide groups is 1. The first-order valence-corrected chi connectivity index (χ1v) is 16.7. The number of phenolic OH excluding ortho intramolecular Hbond substituents is 1. The molecule has 3 heterocycles. The second-order valence-corrected chi connectivity index (χ2v) is 13.0. The standard InChI is InChI=1S/C39H35N5O6/c1-3-50-33-22-25(16-19-32(33)45)34-29-20-21-41-37(48)42(28-12-8-5-9-13-28)38(49)44(41)31(29)23-30-35(46)43(40-27-17-14-24(2)15-18-27)36(47)39(30,34)26-10-6-4-7-11-26/h4-20,22,30-31,34,40,45H,3,21,23H2,1-2H3/t30-,31+,34-,39+/m0/s1. The number of ether oxygens (including phenoxy) is 1. The van der Waals surface area contributed by atoms with Gasteiger partial charge in [-0.25, -0.2) is 23.5 Å². The van der Waals surface area contributed by atoms with Crippen molar-refractivity contribution in [3.05, 3.63) is 152 Å². The first kappa shape index (κ1) is 31.2. The highest BCUT2D eigenvalue weighted by molar-refractivity contribution is 6.12. The van der Waals surface area contributed by atoms with Crippen molar-refractivity contribution >= 4 is 17.5 Å². The van der Waals surface area contributed by atoms with Crippen LogP contribution in [0.5, 0.6) is 11.5 Å². The molecule has 4 aromatic carbocycles. The molecule has 252 valence electrons. The summed E-state index contributed by atoms with van der Waals surface area (Å²) in [7, 11) is 0. The lowest BCUT2D eigenvalue weighted by Crippen LogP contribution is -2.53. The Bertz CT molecular complexity index is 2290. The van der Waals surface area contributed by atoms with Gasteiger partial charge in [-0.3, -0.25) is 15.0 Å². The Labute approximate surface area is 287 Å². The number of hydrazine groups is 1. The molecule has 1 aromatic heterocycles. The number of nitrogens with zero attached hydrogens (tertiary/aromatic N) is 4. The van der Waals surface area contributed by atoms with E-state index >= 15 is 4.79 Å². The summed E-state index contributed by atoms with van der Waals surface area (Å²) in [5.41, 5.74) is 4.65. The van der Waals surface area contributed by atoms with E-state index in [2.05, 4.69) is 5.43 Å². The Hall–Kier alpha value is -6.10. The highest BCUT2D eigenvalue weighted by Crippen LogP contribution is 2.62. The summed E-state index contributed by atoms with van der Waals surface area (Å²) in [6.07, 6.45) is 2.00. The number of aryl methyl sites for hydroxylation is 1. The highest BCUT2D eigenvalue weighted by Gasteiger charge is 2.68. The van der Waals surface area contributed by atoms with Gasteiger partial charge in [0.15, 0.2) is 11.5 Å². The molecule has 2 aliphatic heterocycles. The Morgan fingerprint density at radius 3 is 2.28 bits per heavy atom. The van der Waals surface area contributed by atoms with Crippen LogP contribution in [0, 0.1) is 12.8 Å². The van der Waals surface area contributed by atoms with Crippen molar-refractivity contribution in [2.75, 3.05) is 12.0 Å². The van der Waals surface area contributed by atoms with Gasteiger partial charge in [0, 0.05) is 5.92 Å². The molecule has 0 unspecified atom stereocenters. The number of benzene rings is 4. The first-order chi connectivity index (χ1) is 24.2. The SMILES string of the molecule is CCOc1cc([C@H]2C3=CCn4c(=O)n(-c5ccccc5)c(=O)n4[C@@H]3C[C@H]3C(=O)N(Nc4ccc(C)cc4)C(=O)[C@@]23c2ccccc2)ccc1O. The van der Waals surface area contributed by atoms with Crippen LogP contribution in [-0.2, 0) is 21.5 Å². The van der Waals surface area contributed by atoms with Crippen LogP contribution in [0.4, 0.5) is 5.69 Å². The monoisotopic (exact) mass is 669 g/mol. The average Bonchev–Trinajstić information content (AvgIpc) is 3.51. The van der Waals surface area contributed by atoms with E-state index in [9.17, 15) is 19.5 Å². The number of phenols is 1. The molecule has 3 aliphatic rings. The molecule has 0 radical (unpaired) electrons. The quantitative estimate of drug-likeness (QED) is 0.188. The summed E-state index contributed by atoms with van der Waals surface area (Å²) in [6.45, 7) is 4.13. The predicted molar refractivity (Wildman–Crippen MR) is 186 cm³/mol. The lowest BCUT2D eigenvalue weighted by Gasteiger charge is -2.49. The lowest BCUT2D eigenvalue weighted by molar-refractivity contribution is -0.138. The molecule has 5 aromatic rings. The maximum atomic E-state index is 15.2. The zero-order chi connectivity index (χ0) is 34.7. The highest BCUT2D eigenvalue weighted by atomic mass is 16.5. The van der Waals surface area contributed by atoms with Gasteiger partial charge >= 0.3 is 11.4 Å². The molecule has 2 amide bonds. The van der Waals surface area contributed by atoms with Gasteiger partial charge in [0.2, 0.25) is 0 Å². The van der Waals surface area contributed by atoms with Crippen molar-refractivity contribution in [3.63, 3.8) is 0 Å². The van der Waals surface area contributed by atoms with Crippen LogP contribution in [0.1, 0.15) is 42.0 Å². The number of nitrogens with one attached hydrogen (secondary N) is 1. The second-order valence-electron chi connectivity index (χ2n) is 13.0. The second kappa shape index (κ2) is 11.8. The number of allylic oxidation sites excluding steroid dienone is 2. The molecule has 1 aliphatic carbocycles. The number of rotatable bonds is 7. The minimum Gasteiger partial charge on any atom is -0.504 e. The zero-order valence-corrected chi connectivity index (χ0v) is 27.5. The van der Waals surface area contributed by atoms with E-state index in [1.807, 2.05) is 80.6 Å². The van der Waals surface area contributed by atoms with Gasteiger partial charge in [-0.05, 0) is 73.4 Å². The van der Waals surface area contributed by atoms with Crippen LogP contribution in [0.2, 0.25) is 0 Å². The molecule has 4 atom stereocenters. The summed E-state index contributed by atoms with van der Waals surface area (Å²) in [5, 5.41) is 11.8. The summed E-state index contributed by atoms with van der Waals surface area (Å²) < 4.78 is 9.81. The number of aromatic hydroxyl groups is 1. The van der Waals surface area contributed by atoms with Gasteiger partial charge < -0.3 is 9.84 Å². The van der Waals surface area contributed by atoms with Crippen molar-refractivity contribution in [2.24, 2.45) is 5.92 Å². The van der Waals surface area contributed by atoms with Crippen LogP contribution >= 0.6 is 0 Å². The number of amides is 2. The Morgan fingerprint density at radius 1 is 0.880 bits per heavy atom. The van der Waals surface area contributed by atoms with E-state index in [0.29, 0.717) is 29.1 Å². The molecule has 1 saturated heterocycles. The van der Waals surface area contributed by atoms with E-state index in [1.54, 1.807) is 36.4 Å². The fourth-order valence-electron chi connectivity index (χ4n) is 8.16. The fraction of sp³-hybridized carbons (Fsp3) is 0.231. The van der Waals surface area contributed by atoms with E-state index in [1.165, 1.54) is 15.4 Å². The minimum absolute atomic E-state index is 0.0626. The number of hydrogen-bond donors (Lipinski definition) is 2. The van der Waals surface area contributed by atoms with E-state index in [0.717, 1.165) is 20.7 Å². The van der Waals surface area contributed by atoms with Crippen molar-refractivity contribution in [1.82, 2.24) is 18.9 Å². The fourth-order valence-corrected chi connectivity index (χ4v) is 8.16. The molecule has 50 heavy (non-hydrogen) atoms. The number of carbonyl (C=O) groups excluding carboxylic acids is 2. The van der Waals surface area contributed by atoms with Gasteiger partial charge in [0.25, 0.3) is 11.8 Å². The molecule has 8 rings (SSSR count). The average molecular weight is 670 g/mol. The maximum Gasteiger partial charge on any atom is 0.352 e. The number of hydrogen-bond acceptors (Lipinski definition) is 7. The van der Waals surface area contributed by atoms with Gasteiger partial charge in [0.1, 0.15) is 0 Å². The molecule has 2 N–H and O–H groups in total. The van der Waals surface area contributed by atoms with Crippen LogP contribution in [0.25, 0.3) is 5.69 Å². The predicted octanol–water partition coefficient (Wildman–Crippen LogP) is 4.83. The molecule has 0 spiro atoms. The third-order valence-electron chi connectivity index (χ3n) is 10.3. The molecule has 1 saturated carbocycles. The Kier molecular flexibility index (Phi) is 7.36. The third-order valence-corrected chi connectivity index (χ3v) is 10.3. The van der Waals surface area contributed by atoms with Crippen LogP contribution < -0.4 is 21.5 Å². The number of aromatic nitrogens is 3. The summed E-state index contributed by atoms with van der Waals surface area (Å²) in [4.78, 5) is 58.1. The molecule has 0 bridgehead atoms. The smallest absolute Gasteiger partial charge is 0.352 e. The van der Waals surface area contributed by atoms with Crippen molar-refractivity contribution in [3.8, 4) is 17.2 Å². The van der Waals surface area contributed by atoms with E-state index in [-0.39, 0.29) is 24.5 Å². The maximum absolute atomic E-state index is 15.2. The normalized spacial score (nSPS) is 22.4. The van der Waals surface area contributed by atoms with E-state index < -0.39 is 46.5 Å². The van der Waals surface area contributed by atoms with Crippen molar-refractivity contribution < 1.29 is 19.4 Å². The van der Waals surface area contributed by atoms with Crippen molar-refractivity contribution in [2.45, 2.75) is 44.2 Å². The molecular weight excluding hydrogens is 634 g/mol. The Balaban J connectivity index is 1.38.